The van der Waals surface area contributed by atoms with Crippen LogP contribution >= 0.6 is 0 Å². The van der Waals surface area contributed by atoms with Crippen molar-refractivity contribution in [2.45, 2.75) is 0 Å². The summed E-state index contributed by atoms with van der Waals surface area (Å²) in [4.78, 5) is 11.4. The van der Waals surface area contributed by atoms with E-state index in [1.807, 2.05) is 0 Å². The van der Waals surface area contributed by atoms with Crippen molar-refractivity contribution < 1.29 is 23.4 Å². The van der Waals surface area contributed by atoms with Gasteiger partial charge in [-0.3, -0.25) is 4.79 Å². The average molecular weight is 230 g/mol. The maximum absolute atomic E-state index is 11.4. The molecule has 0 atom stereocenters. The van der Waals surface area contributed by atoms with Crippen LogP contribution < -0.4 is 0 Å². The average Bonchev–Trinajstić information content (AvgIpc) is 2.06. The van der Waals surface area contributed by atoms with Gasteiger partial charge in [-0.25, -0.2) is 8.42 Å². The highest BCUT2D eigenvalue weighted by Gasteiger charge is 2.14. The number of hydrogen-bond acceptors (Lipinski definition) is 5. The smallest absolute Gasteiger partial charge is 0.177 e. The van der Waals surface area contributed by atoms with E-state index in [9.17, 15) is 13.2 Å². The van der Waals surface area contributed by atoms with Crippen molar-refractivity contribution in [3.05, 3.63) is 23.8 Å². The molecule has 0 bridgehead atoms. The second-order valence-corrected chi connectivity index (χ2v) is 5.34. The molecule has 0 saturated heterocycles. The zero-order chi connectivity index (χ0) is 11.6. The maximum Gasteiger partial charge on any atom is 0.177 e. The lowest BCUT2D eigenvalue weighted by Crippen LogP contribution is -2.14. The molecule has 0 aliphatic heterocycles. The van der Waals surface area contributed by atoms with Gasteiger partial charge in [-0.15, -0.1) is 0 Å². The van der Waals surface area contributed by atoms with Gasteiger partial charge in [0.25, 0.3) is 0 Å². The number of hydrogen-bond donors (Lipinski definition) is 2. The minimum Gasteiger partial charge on any atom is -0.504 e. The molecule has 5 nitrogen and oxygen atoms in total. The van der Waals surface area contributed by atoms with Crippen LogP contribution in [0.3, 0.4) is 0 Å². The van der Waals surface area contributed by atoms with E-state index in [4.69, 9.17) is 10.2 Å². The van der Waals surface area contributed by atoms with Crippen LogP contribution in [0.1, 0.15) is 10.4 Å². The fourth-order valence-corrected chi connectivity index (χ4v) is 1.66. The van der Waals surface area contributed by atoms with Gasteiger partial charge in [0, 0.05) is 11.8 Å². The third-order valence-corrected chi connectivity index (χ3v) is 2.48. The van der Waals surface area contributed by atoms with Crippen molar-refractivity contribution in [3.8, 4) is 11.5 Å². The first-order valence-electron chi connectivity index (χ1n) is 4.02. The minimum atomic E-state index is -3.39. The minimum absolute atomic E-state index is 0.0516. The van der Waals surface area contributed by atoms with E-state index < -0.39 is 27.1 Å². The van der Waals surface area contributed by atoms with Gasteiger partial charge in [-0.1, -0.05) is 0 Å². The van der Waals surface area contributed by atoms with Crippen LogP contribution in [0.4, 0.5) is 0 Å². The Kier molecular flexibility index (Phi) is 2.99. The van der Waals surface area contributed by atoms with Crippen LogP contribution in [-0.2, 0) is 9.84 Å². The number of ketones is 1. The van der Waals surface area contributed by atoms with E-state index in [1.54, 1.807) is 0 Å². The number of phenolic OH excluding ortho intramolecular Hbond substituents is 2. The Morgan fingerprint density at radius 3 is 2.33 bits per heavy atom. The van der Waals surface area contributed by atoms with E-state index in [2.05, 4.69) is 0 Å². The van der Waals surface area contributed by atoms with Crippen LogP contribution in [0.5, 0.6) is 11.5 Å². The van der Waals surface area contributed by atoms with Crippen molar-refractivity contribution in [1.82, 2.24) is 0 Å². The second-order valence-electron chi connectivity index (χ2n) is 3.20. The van der Waals surface area contributed by atoms with Crippen LogP contribution in [-0.4, -0.2) is 36.4 Å². The Hall–Kier alpha value is -1.56. The lowest BCUT2D eigenvalue weighted by Gasteiger charge is -2.01. The zero-order valence-corrected chi connectivity index (χ0v) is 8.78. The number of carbonyl (C=O) groups excluding carboxylic acids is 1. The normalized spacial score (nSPS) is 11.3. The first-order valence-corrected chi connectivity index (χ1v) is 6.08. The predicted octanol–water partition coefficient (Wildman–Crippen LogP) is 0.325. The summed E-state index contributed by atoms with van der Waals surface area (Å²) < 4.78 is 21.7. The third-order valence-electron chi connectivity index (χ3n) is 1.69. The molecule has 0 amide bonds. The Balaban J connectivity index is 2.98. The van der Waals surface area contributed by atoms with E-state index in [-0.39, 0.29) is 11.3 Å². The van der Waals surface area contributed by atoms with Crippen molar-refractivity contribution in [1.29, 1.82) is 0 Å². The Labute approximate surface area is 86.9 Å². The Morgan fingerprint density at radius 2 is 1.87 bits per heavy atom. The Morgan fingerprint density at radius 1 is 1.27 bits per heavy atom. The van der Waals surface area contributed by atoms with E-state index in [0.29, 0.717) is 0 Å². The monoisotopic (exact) mass is 230 g/mol. The number of Topliss-reactive ketones (excluding diaryl/α,β-unsaturated/α-hetero) is 1. The molecule has 0 unspecified atom stereocenters. The zero-order valence-electron chi connectivity index (χ0n) is 7.97. The van der Waals surface area contributed by atoms with Gasteiger partial charge in [0.1, 0.15) is 5.75 Å². The second kappa shape index (κ2) is 3.90. The summed E-state index contributed by atoms with van der Waals surface area (Å²) in [6.45, 7) is 0. The molecule has 0 radical (unpaired) electrons. The molecule has 1 rings (SSSR count). The molecule has 2 N–H and O–H groups in total. The summed E-state index contributed by atoms with van der Waals surface area (Å²) in [5.74, 6) is -2.04. The van der Waals surface area contributed by atoms with Gasteiger partial charge in [0.05, 0.1) is 0 Å². The third kappa shape index (κ3) is 3.25. The first-order chi connectivity index (χ1) is 6.79. The summed E-state index contributed by atoms with van der Waals surface area (Å²) in [7, 11) is -3.39. The largest absolute Gasteiger partial charge is 0.504 e. The highest BCUT2D eigenvalue weighted by Crippen LogP contribution is 2.25. The molecule has 0 spiro atoms. The van der Waals surface area contributed by atoms with Crippen LogP contribution in [0.25, 0.3) is 0 Å². The van der Waals surface area contributed by atoms with Gasteiger partial charge in [-0.2, -0.15) is 0 Å². The Bertz CT molecular complexity index is 489. The molecule has 6 heteroatoms. The van der Waals surface area contributed by atoms with E-state index in [0.717, 1.165) is 18.4 Å². The molecule has 1 aromatic carbocycles. The van der Waals surface area contributed by atoms with Crippen LogP contribution in [0, 0.1) is 0 Å². The first kappa shape index (κ1) is 11.5. The molecule has 82 valence electrons. The molecule has 0 aromatic heterocycles. The SMILES string of the molecule is CS(=O)(=O)CC(=O)c1ccc(O)c(O)c1. The van der Waals surface area contributed by atoms with Gasteiger partial charge in [0.2, 0.25) is 0 Å². The topological polar surface area (TPSA) is 91.7 Å². The molecular weight excluding hydrogens is 220 g/mol. The molecule has 0 aliphatic carbocycles. The number of sulfone groups is 1. The van der Waals surface area contributed by atoms with Crippen LogP contribution in [0.2, 0.25) is 0 Å². The van der Waals surface area contributed by atoms with Crippen molar-refractivity contribution >= 4 is 15.6 Å². The standard InChI is InChI=1S/C9H10O5S/c1-15(13,14)5-9(12)6-2-3-7(10)8(11)4-6/h2-4,10-11H,5H2,1H3. The van der Waals surface area contributed by atoms with Crippen molar-refractivity contribution in [2.24, 2.45) is 0 Å². The van der Waals surface area contributed by atoms with Crippen LogP contribution in [0.15, 0.2) is 18.2 Å². The van der Waals surface area contributed by atoms with Gasteiger partial charge in [0.15, 0.2) is 27.1 Å². The molecule has 1 aromatic rings. The number of benzene rings is 1. The summed E-state index contributed by atoms with van der Waals surface area (Å²) in [6.07, 6.45) is 0.950. The van der Waals surface area contributed by atoms with Gasteiger partial charge in [-0.05, 0) is 18.2 Å². The highest BCUT2D eigenvalue weighted by atomic mass is 32.2. The van der Waals surface area contributed by atoms with Crippen molar-refractivity contribution in [3.63, 3.8) is 0 Å². The van der Waals surface area contributed by atoms with E-state index in [1.165, 1.54) is 6.07 Å². The molecule has 0 saturated carbocycles. The lowest BCUT2D eigenvalue weighted by atomic mass is 10.1. The molecule has 0 heterocycles. The summed E-state index contributed by atoms with van der Waals surface area (Å²) in [5, 5.41) is 18.1. The van der Waals surface area contributed by atoms with Gasteiger partial charge < -0.3 is 10.2 Å². The van der Waals surface area contributed by atoms with Gasteiger partial charge >= 0.3 is 0 Å². The lowest BCUT2D eigenvalue weighted by molar-refractivity contribution is 0.102. The number of phenols is 2. The molecule has 15 heavy (non-hydrogen) atoms. The molecule has 0 aliphatic rings. The maximum atomic E-state index is 11.4. The summed E-state index contributed by atoms with van der Waals surface area (Å²) in [5.41, 5.74) is 0.0516. The highest BCUT2D eigenvalue weighted by molar-refractivity contribution is 7.91. The number of aromatic hydroxyl groups is 2. The van der Waals surface area contributed by atoms with Crippen molar-refractivity contribution in [2.75, 3.05) is 12.0 Å². The molecular formula is C9H10O5S. The number of rotatable bonds is 3. The fourth-order valence-electron chi connectivity index (χ4n) is 1.02. The number of carbonyl (C=O) groups is 1. The molecule has 0 fully saturated rings. The summed E-state index contributed by atoms with van der Waals surface area (Å²) >= 11 is 0. The predicted molar refractivity (Wildman–Crippen MR) is 53.8 cm³/mol. The van der Waals surface area contributed by atoms with E-state index >= 15 is 0 Å². The summed E-state index contributed by atoms with van der Waals surface area (Å²) in [6, 6.07) is 3.41. The fraction of sp³-hybridized carbons (Fsp3) is 0.222. The quantitative estimate of drug-likeness (QED) is 0.576.